The lowest BCUT2D eigenvalue weighted by Crippen LogP contribution is -2.49. The van der Waals surface area contributed by atoms with Crippen molar-refractivity contribution in [1.82, 2.24) is 4.90 Å². The van der Waals surface area contributed by atoms with Crippen molar-refractivity contribution in [3.8, 4) is 0 Å². The molecule has 1 aliphatic rings. The van der Waals surface area contributed by atoms with E-state index in [1.54, 1.807) is 0 Å². The van der Waals surface area contributed by atoms with Crippen LogP contribution in [0.5, 0.6) is 0 Å². The Labute approximate surface area is 119 Å². The maximum absolute atomic E-state index is 5.95. The molecule has 0 radical (unpaired) electrons. The van der Waals surface area contributed by atoms with Crippen LogP contribution < -0.4 is 5.73 Å². The molecule has 19 heavy (non-hydrogen) atoms. The third-order valence-corrected chi connectivity index (χ3v) is 4.20. The molecule has 0 aromatic rings. The highest BCUT2D eigenvalue weighted by Crippen LogP contribution is 2.15. The lowest BCUT2D eigenvalue weighted by Gasteiger charge is -2.36. The van der Waals surface area contributed by atoms with Gasteiger partial charge in [0, 0.05) is 25.7 Å². The molecule has 2 atom stereocenters. The fraction of sp³-hybridized carbons (Fsp3) is 1.00. The average Bonchev–Trinajstić information content (AvgIpc) is 2.42. The highest BCUT2D eigenvalue weighted by Gasteiger charge is 2.22. The van der Waals surface area contributed by atoms with Crippen LogP contribution in [0.1, 0.15) is 65.2 Å². The third kappa shape index (κ3) is 7.28. The van der Waals surface area contributed by atoms with Crippen LogP contribution in [0.3, 0.4) is 0 Å². The molecule has 3 nitrogen and oxygen atoms in total. The lowest BCUT2D eigenvalue weighted by atomic mass is 10.0. The Kier molecular flexibility index (Phi) is 9.48. The highest BCUT2D eigenvalue weighted by molar-refractivity contribution is 4.77. The van der Waals surface area contributed by atoms with E-state index in [4.69, 9.17) is 10.5 Å². The highest BCUT2D eigenvalue weighted by atomic mass is 16.5. The first-order valence-corrected chi connectivity index (χ1v) is 8.33. The van der Waals surface area contributed by atoms with Crippen LogP contribution in [-0.2, 0) is 4.74 Å². The predicted octanol–water partition coefficient (Wildman–Crippen LogP) is 3.18. The number of nitrogens with two attached hydrogens (primary N) is 1. The van der Waals surface area contributed by atoms with E-state index in [-0.39, 0.29) is 0 Å². The van der Waals surface area contributed by atoms with Crippen molar-refractivity contribution in [2.45, 2.75) is 77.4 Å². The Morgan fingerprint density at radius 1 is 1.16 bits per heavy atom. The Morgan fingerprint density at radius 3 is 2.47 bits per heavy atom. The Balaban J connectivity index is 2.07. The second kappa shape index (κ2) is 10.6. The van der Waals surface area contributed by atoms with Gasteiger partial charge in [0.15, 0.2) is 0 Å². The summed E-state index contributed by atoms with van der Waals surface area (Å²) < 4.78 is 5.60. The minimum atomic E-state index is 0.372. The van der Waals surface area contributed by atoms with Gasteiger partial charge in [0.2, 0.25) is 0 Å². The van der Waals surface area contributed by atoms with Crippen molar-refractivity contribution >= 4 is 0 Å². The minimum Gasteiger partial charge on any atom is -0.376 e. The summed E-state index contributed by atoms with van der Waals surface area (Å²) in [6.07, 6.45) is 11.3. The fourth-order valence-corrected chi connectivity index (χ4v) is 2.96. The van der Waals surface area contributed by atoms with Crippen molar-refractivity contribution in [3.63, 3.8) is 0 Å². The summed E-state index contributed by atoms with van der Waals surface area (Å²) in [7, 11) is 0. The zero-order valence-electron chi connectivity index (χ0n) is 13.1. The molecule has 0 spiro atoms. The van der Waals surface area contributed by atoms with Gasteiger partial charge in [0.05, 0.1) is 12.7 Å². The SMILES string of the molecule is CCCCCCCCCC(CN)N1CCOC(C)C1. The molecule has 1 fully saturated rings. The molecular formula is C16H34N2O. The van der Waals surface area contributed by atoms with E-state index in [9.17, 15) is 0 Å². The van der Waals surface area contributed by atoms with Crippen LogP contribution in [0, 0.1) is 0 Å². The molecule has 2 N–H and O–H groups in total. The summed E-state index contributed by atoms with van der Waals surface area (Å²) >= 11 is 0. The van der Waals surface area contributed by atoms with Gasteiger partial charge in [-0.15, -0.1) is 0 Å². The van der Waals surface area contributed by atoms with Crippen LogP contribution in [0.4, 0.5) is 0 Å². The number of morpholine rings is 1. The Hall–Kier alpha value is -0.120. The van der Waals surface area contributed by atoms with Crippen molar-refractivity contribution < 1.29 is 4.74 Å². The molecule has 0 saturated carbocycles. The first-order chi connectivity index (χ1) is 9.27. The summed E-state index contributed by atoms with van der Waals surface area (Å²) in [5, 5.41) is 0. The average molecular weight is 270 g/mol. The first kappa shape index (κ1) is 16.9. The number of nitrogens with zero attached hydrogens (tertiary/aromatic N) is 1. The van der Waals surface area contributed by atoms with Gasteiger partial charge >= 0.3 is 0 Å². The van der Waals surface area contributed by atoms with Crippen molar-refractivity contribution in [3.05, 3.63) is 0 Å². The standard InChI is InChI=1S/C16H34N2O/c1-3-4-5-6-7-8-9-10-16(13-17)18-11-12-19-15(2)14-18/h15-16H,3-14,17H2,1-2H3. The van der Waals surface area contributed by atoms with E-state index in [0.717, 1.165) is 26.2 Å². The molecule has 1 aliphatic heterocycles. The number of unbranched alkanes of at least 4 members (excludes halogenated alkanes) is 6. The normalized spacial score (nSPS) is 22.6. The van der Waals surface area contributed by atoms with Gasteiger partial charge in [-0.05, 0) is 13.3 Å². The second-order valence-corrected chi connectivity index (χ2v) is 5.98. The van der Waals surface area contributed by atoms with Gasteiger partial charge in [-0.25, -0.2) is 0 Å². The summed E-state index contributed by atoms with van der Waals surface area (Å²) in [5.74, 6) is 0. The van der Waals surface area contributed by atoms with E-state index < -0.39 is 0 Å². The number of hydrogen-bond acceptors (Lipinski definition) is 3. The molecule has 0 amide bonds. The van der Waals surface area contributed by atoms with E-state index in [1.165, 1.54) is 51.4 Å². The Bertz CT molecular complexity index is 211. The largest absolute Gasteiger partial charge is 0.376 e. The maximum atomic E-state index is 5.95. The summed E-state index contributed by atoms with van der Waals surface area (Å²) in [4.78, 5) is 2.53. The van der Waals surface area contributed by atoms with Crippen molar-refractivity contribution in [2.24, 2.45) is 5.73 Å². The zero-order chi connectivity index (χ0) is 13.9. The zero-order valence-corrected chi connectivity index (χ0v) is 13.1. The minimum absolute atomic E-state index is 0.372. The van der Waals surface area contributed by atoms with Gasteiger partial charge in [-0.3, -0.25) is 4.90 Å². The summed E-state index contributed by atoms with van der Waals surface area (Å²) in [6, 6.07) is 0.571. The van der Waals surface area contributed by atoms with E-state index in [0.29, 0.717) is 12.1 Å². The van der Waals surface area contributed by atoms with E-state index in [2.05, 4.69) is 18.7 Å². The molecule has 3 heteroatoms. The van der Waals surface area contributed by atoms with Gasteiger partial charge in [-0.1, -0.05) is 51.9 Å². The molecular weight excluding hydrogens is 236 g/mol. The number of hydrogen-bond donors (Lipinski definition) is 1. The quantitative estimate of drug-likeness (QED) is 0.620. The molecule has 0 aromatic carbocycles. The lowest BCUT2D eigenvalue weighted by molar-refractivity contribution is -0.0341. The molecule has 1 heterocycles. The predicted molar refractivity (Wildman–Crippen MR) is 82.4 cm³/mol. The summed E-state index contributed by atoms with van der Waals surface area (Å²) in [6.45, 7) is 8.21. The second-order valence-electron chi connectivity index (χ2n) is 5.98. The topological polar surface area (TPSA) is 38.5 Å². The fourth-order valence-electron chi connectivity index (χ4n) is 2.96. The maximum Gasteiger partial charge on any atom is 0.0674 e. The van der Waals surface area contributed by atoms with Crippen LogP contribution in [0.15, 0.2) is 0 Å². The van der Waals surface area contributed by atoms with Gasteiger partial charge in [0.1, 0.15) is 0 Å². The molecule has 2 unspecified atom stereocenters. The monoisotopic (exact) mass is 270 g/mol. The molecule has 0 aliphatic carbocycles. The van der Waals surface area contributed by atoms with Crippen LogP contribution in [0.25, 0.3) is 0 Å². The molecule has 1 saturated heterocycles. The Morgan fingerprint density at radius 2 is 1.84 bits per heavy atom. The van der Waals surface area contributed by atoms with Gasteiger partial charge < -0.3 is 10.5 Å². The van der Waals surface area contributed by atoms with Crippen LogP contribution >= 0.6 is 0 Å². The van der Waals surface area contributed by atoms with Crippen LogP contribution in [0.2, 0.25) is 0 Å². The number of rotatable bonds is 10. The van der Waals surface area contributed by atoms with Gasteiger partial charge in [0.25, 0.3) is 0 Å². The van der Waals surface area contributed by atoms with E-state index in [1.807, 2.05) is 0 Å². The first-order valence-electron chi connectivity index (χ1n) is 8.33. The molecule has 1 rings (SSSR count). The third-order valence-electron chi connectivity index (χ3n) is 4.20. The van der Waals surface area contributed by atoms with Gasteiger partial charge in [-0.2, -0.15) is 0 Å². The molecule has 0 bridgehead atoms. The number of ether oxygens (including phenoxy) is 1. The smallest absolute Gasteiger partial charge is 0.0674 e. The van der Waals surface area contributed by atoms with Crippen LogP contribution in [-0.4, -0.2) is 43.3 Å². The summed E-state index contributed by atoms with van der Waals surface area (Å²) in [5.41, 5.74) is 5.95. The van der Waals surface area contributed by atoms with E-state index >= 15 is 0 Å². The van der Waals surface area contributed by atoms with Crippen molar-refractivity contribution in [1.29, 1.82) is 0 Å². The molecule has 0 aromatic heterocycles. The molecule has 114 valence electrons. The van der Waals surface area contributed by atoms with Crippen molar-refractivity contribution in [2.75, 3.05) is 26.2 Å².